The van der Waals surface area contributed by atoms with Gasteiger partial charge in [0, 0.05) is 14.8 Å². The summed E-state index contributed by atoms with van der Waals surface area (Å²) in [5, 5.41) is 20.2. The maximum absolute atomic E-state index is 11.7. The number of aromatic nitrogens is 1. The average Bonchev–Trinajstić information content (AvgIpc) is 2.84. The second-order valence-corrected chi connectivity index (χ2v) is 8.19. The van der Waals surface area contributed by atoms with Gasteiger partial charge in [0.05, 0.1) is 17.4 Å². The number of nitrogens with zero attached hydrogens (tertiary/aromatic N) is 1. The van der Waals surface area contributed by atoms with Gasteiger partial charge in [0.25, 0.3) is 0 Å². The fraction of sp³-hybridized carbons (Fsp3) is 0.647. The minimum atomic E-state index is -0.947. The zero-order chi connectivity index (χ0) is 16.1. The monoisotopic (exact) mass is 415 g/mol. The maximum atomic E-state index is 11.7. The van der Waals surface area contributed by atoms with Crippen LogP contribution in [0.25, 0.3) is 0 Å². The van der Waals surface area contributed by atoms with Gasteiger partial charge in [-0.05, 0) is 59.6 Å². The molecule has 0 unspecified atom stereocenters. The number of carboxylic acids is 1. The van der Waals surface area contributed by atoms with Crippen molar-refractivity contribution in [2.24, 2.45) is 5.41 Å². The van der Waals surface area contributed by atoms with Crippen LogP contribution in [0.4, 0.5) is 0 Å². The number of rotatable bonds is 2. The Labute approximate surface area is 144 Å². The number of carboxylic acid groups (broad SMARTS) is 1. The molecule has 2 aliphatic carbocycles. The van der Waals surface area contributed by atoms with Crippen LogP contribution in [0.5, 0.6) is 0 Å². The lowest BCUT2D eigenvalue weighted by Gasteiger charge is -2.38. The van der Waals surface area contributed by atoms with Crippen LogP contribution in [0, 0.1) is 8.99 Å². The molecule has 1 aromatic heterocycles. The zero-order valence-corrected chi connectivity index (χ0v) is 15.2. The molecule has 1 fully saturated rings. The molecular formula is C17H22INO3. The van der Waals surface area contributed by atoms with E-state index in [-0.39, 0.29) is 16.9 Å². The van der Waals surface area contributed by atoms with Gasteiger partial charge in [-0.25, -0.2) is 4.79 Å². The summed E-state index contributed by atoms with van der Waals surface area (Å²) in [6.07, 6.45) is 5.80. The molecule has 0 aromatic carbocycles. The molecule has 22 heavy (non-hydrogen) atoms. The number of pyridine rings is 1. The Bertz CT molecular complexity index is 621. The first-order valence-electron chi connectivity index (χ1n) is 7.98. The normalized spacial score (nSPS) is 23.0. The standard InChI is InChI=1S/C17H22INO3/c1-9(2)15-13(16(21)22)14(18)12-10(19-15)7-17(8-11(12)20)5-3-4-6-17/h9,11,20H,3-8H2,1-2H3,(H,21,22)/t11-/m0/s1. The number of fused-ring (bicyclic) bond motifs is 1. The summed E-state index contributed by atoms with van der Waals surface area (Å²) in [6.45, 7) is 3.95. The first-order chi connectivity index (χ1) is 10.3. The van der Waals surface area contributed by atoms with Crippen molar-refractivity contribution in [3.63, 3.8) is 0 Å². The third-order valence-electron chi connectivity index (χ3n) is 5.21. The Balaban J connectivity index is 2.16. The molecule has 4 nitrogen and oxygen atoms in total. The Kier molecular flexibility index (Phi) is 4.22. The largest absolute Gasteiger partial charge is 0.478 e. The van der Waals surface area contributed by atoms with Gasteiger partial charge in [0.15, 0.2) is 0 Å². The van der Waals surface area contributed by atoms with E-state index in [4.69, 9.17) is 4.98 Å². The number of aliphatic hydroxyl groups is 1. The summed E-state index contributed by atoms with van der Waals surface area (Å²) in [7, 11) is 0. The Hall–Kier alpha value is -0.690. The fourth-order valence-electron chi connectivity index (χ4n) is 4.18. The van der Waals surface area contributed by atoms with Crippen LogP contribution in [0.2, 0.25) is 0 Å². The minimum Gasteiger partial charge on any atom is -0.478 e. The fourth-order valence-corrected chi connectivity index (χ4v) is 5.35. The van der Waals surface area contributed by atoms with Crippen molar-refractivity contribution in [3.8, 4) is 0 Å². The van der Waals surface area contributed by atoms with Crippen molar-refractivity contribution in [1.29, 1.82) is 0 Å². The van der Waals surface area contributed by atoms with Gasteiger partial charge >= 0.3 is 5.97 Å². The second kappa shape index (κ2) is 5.74. The van der Waals surface area contributed by atoms with Crippen LogP contribution in [0.3, 0.4) is 0 Å². The molecule has 0 amide bonds. The predicted molar refractivity (Wildman–Crippen MR) is 92.2 cm³/mol. The lowest BCUT2D eigenvalue weighted by atomic mass is 9.70. The molecule has 5 heteroatoms. The number of hydrogen-bond donors (Lipinski definition) is 2. The summed E-state index contributed by atoms with van der Waals surface area (Å²) in [5.41, 5.74) is 2.80. The van der Waals surface area contributed by atoms with E-state index in [1.165, 1.54) is 12.8 Å². The highest BCUT2D eigenvalue weighted by molar-refractivity contribution is 14.1. The molecule has 120 valence electrons. The summed E-state index contributed by atoms with van der Waals surface area (Å²) in [4.78, 5) is 16.4. The zero-order valence-electron chi connectivity index (χ0n) is 13.0. The average molecular weight is 415 g/mol. The van der Waals surface area contributed by atoms with Crippen molar-refractivity contribution < 1.29 is 15.0 Å². The Morgan fingerprint density at radius 1 is 1.36 bits per heavy atom. The number of aliphatic hydroxyl groups excluding tert-OH is 1. The van der Waals surface area contributed by atoms with E-state index in [0.29, 0.717) is 9.26 Å². The van der Waals surface area contributed by atoms with E-state index in [1.54, 1.807) is 0 Å². The van der Waals surface area contributed by atoms with Crippen molar-refractivity contribution in [1.82, 2.24) is 4.98 Å². The van der Waals surface area contributed by atoms with Crippen LogP contribution in [0.1, 0.15) is 85.3 Å². The van der Waals surface area contributed by atoms with Crippen molar-refractivity contribution in [3.05, 3.63) is 26.1 Å². The second-order valence-electron chi connectivity index (χ2n) is 7.11. The lowest BCUT2D eigenvalue weighted by Crippen LogP contribution is -2.31. The molecule has 0 saturated heterocycles. The van der Waals surface area contributed by atoms with E-state index in [0.717, 1.165) is 36.9 Å². The van der Waals surface area contributed by atoms with Gasteiger partial charge in [-0.1, -0.05) is 26.7 Å². The van der Waals surface area contributed by atoms with Gasteiger partial charge in [0.1, 0.15) is 0 Å². The first-order valence-corrected chi connectivity index (χ1v) is 9.06. The topological polar surface area (TPSA) is 70.4 Å². The third-order valence-corrected chi connectivity index (χ3v) is 6.33. The summed E-state index contributed by atoms with van der Waals surface area (Å²) in [5.74, 6) is -0.889. The lowest BCUT2D eigenvalue weighted by molar-refractivity contribution is 0.0687. The highest BCUT2D eigenvalue weighted by atomic mass is 127. The molecular weight excluding hydrogens is 393 g/mol. The van der Waals surface area contributed by atoms with Crippen LogP contribution in [-0.2, 0) is 6.42 Å². The van der Waals surface area contributed by atoms with Gasteiger partial charge in [-0.15, -0.1) is 0 Å². The number of halogens is 1. The summed E-state index contributed by atoms with van der Waals surface area (Å²) in [6, 6.07) is 0. The Morgan fingerprint density at radius 3 is 2.55 bits per heavy atom. The van der Waals surface area contributed by atoms with Gasteiger partial charge in [-0.3, -0.25) is 4.98 Å². The van der Waals surface area contributed by atoms with Gasteiger partial charge < -0.3 is 10.2 Å². The highest BCUT2D eigenvalue weighted by Gasteiger charge is 2.43. The molecule has 1 heterocycles. The number of hydrogen-bond acceptors (Lipinski definition) is 3. The molecule has 2 N–H and O–H groups in total. The molecule has 1 aromatic rings. The van der Waals surface area contributed by atoms with E-state index < -0.39 is 12.1 Å². The van der Waals surface area contributed by atoms with E-state index in [9.17, 15) is 15.0 Å². The highest BCUT2D eigenvalue weighted by Crippen LogP contribution is 2.52. The molecule has 2 aliphatic rings. The number of carbonyl (C=O) groups is 1. The molecule has 0 aliphatic heterocycles. The smallest absolute Gasteiger partial charge is 0.338 e. The molecule has 1 atom stereocenters. The summed E-state index contributed by atoms with van der Waals surface area (Å²) >= 11 is 2.08. The molecule has 1 spiro atoms. The van der Waals surface area contributed by atoms with E-state index in [1.807, 2.05) is 13.8 Å². The molecule has 1 saturated carbocycles. The van der Waals surface area contributed by atoms with E-state index >= 15 is 0 Å². The van der Waals surface area contributed by atoms with Crippen LogP contribution >= 0.6 is 22.6 Å². The maximum Gasteiger partial charge on any atom is 0.338 e. The minimum absolute atomic E-state index is 0.0588. The Morgan fingerprint density at radius 2 is 2.00 bits per heavy atom. The van der Waals surface area contributed by atoms with Gasteiger partial charge in [0.2, 0.25) is 0 Å². The molecule has 0 bridgehead atoms. The van der Waals surface area contributed by atoms with Crippen LogP contribution < -0.4 is 0 Å². The van der Waals surface area contributed by atoms with Crippen LogP contribution in [0.15, 0.2) is 0 Å². The van der Waals surface area contributed by atoms with Crippen molar-refractivity contribution in [2.45, 2.75) is 64.4 Å². The third kappa shape index (κ3) is 2.56. The molecule has 3 rings (SSSR count). The first kappa shape index (κ1) is 16.2. The number of aromatic carboxylic acids is 1. The van der Waals surface area contributed by atoms with E-state index in [2.05, 4.69) is 22.6 Å². The predicted octanol–water partition coefficient (Wildman–Crippen LogP) is 4.05. The SMILES string of the molecule is CC(C)c1nc2c(c(I)c1C(=O)O)[C@@H](O)CC1(CCCC1)C2. The van der Waals surface area contributed by atoms with Crippen LogP contribution in [-0.4, -0.2) is 21.2 Å². The quantitative estimate of drug-likeness (QED) is 0.716. The summed E-state index contributed by atoms with van der Waals surface area (Å²) < 4.78 is 0.680. The van der Waals surface area contributed by atoms with Crippen molar-refractivity contribution >= 4 is 28.6 Å². The molecule has 0 radical (unpaired) electrons. The van der Waals surface area contributed by atoms with Crippen molar-refractivity contribution in [2.75, 3.05) is 0 Å². The van der Waals surface area contributed by atoms with Gasteiger partial charge in [-0.2, -0.15) is 0 Å².